The van der Waals surface area contributed by atoms with Gasteiger partial charge in [-0.05, 0) is 41.8 Å². The Bertz CT molecular complexity index is 978. The van der Waals surface area contributed by atoms with Crippen molar-refractivity contribution < 1.29 is 9.60 Å². The highest BCUT2D eigenvalue weighted by Crippen LogP contribution is 2.44. The van der Waals surface area contributed by atoms with Crippen LogP contribution in [0.2, 0.25) is 5.15 Å². The van der Waals surface area contributed by atoms with Crippen LogP contribution in [-0.4, -0.2) is 16.4 Å². The Hall–Kier alpha value is -2.24. The van der Waals surface area contributed by atoms with E-state index in [1.807, 2.05) is 55.5 Å². The minimum Gasteiger partial charge on any atom is -0.411 e. The molecule has 0 aliphatic carbocycles. The molecule has 0 saturated carbocycles. The van der Waals surface area contributed by atoms with Gasteiger partial charge >= 0.3 is 0 Å². The summed E-state index contributed by atoms with van der Waals surface area (Å²) < 4.78 is 15.9. The van der Waals surface area contributed by atoms with Gasteiger partial charge in [0.2, 0.25) is 0 Å². The normalized spacial score (nSPS) is 13.6. The van der Waals surface area contributed by atoms with Crippen molar-refractivity contribution in [1.82, 2.24) is 4.98 Å². The van der Waals surface area contributed by atoms with Crippen LogP contribution in [0.1, 0.15) is 28.7 Å². The van der Waals surface area contributed by atoms with Crippen LogP contribution in [0.25, 0.3) is 0 Å². The number of hydrogen-bond donors (Lipinski definition) is 1. The van der Waals surface area contributed by atoms with E-state index in [4.69, 9.17) is 16.8 Å². The molecule has 0 aliphatic heterocycles. The van der Waals surface area contributed by atoms with Crippen LogP contribution in [0.4, 0.5) is 4.39 Å². The Morgan fingerprint density at radius 1 is 1.19 bits per heavy atom. The summed E-state index contributed by atoms with van der Waals surface area (Å²) >= 11 is 9.57. The van der Waals surface area contributed by atoms with E-state index in [1.54, 1.807) is 0 Å². The number of halogens is 3. The Kier molecular flexibility index (Phi) is 5.92. The first-order chi connectivity index (χ1) is 13.0. The van der Waals surface area contributed by atoms with Crippen LogP contribution in [0.5, 0.6) is 0 Å². The fourth-order valence-corrected chi connectivity index (χ4v) is 3.92. The minimum absolute atomic E-state index is 0.197. The van der Waals surface area contributed by atoms with Crippen molar-refractivity contribution >= 4 is 33.7 Å². The number of pyridine rings is 1. The number of benzene rings is 2. The molecular formula is C21H17BrClFN2O. The van der Waals surface area contributed by atoms with Crippen LogP contribution in [0.3, 0.4) is 0 Å². The lowest BCUT2D eigenvalue weighted by atomic mass is 9.66. The summed E-state index contributed by atoms with van der Waals surface area (Å²) in [6.45, 7) is 1.97. The number of nitrogens with zero attached hydrogens (tertiary/aromatic N) is 2. The predicted molar refractivity (Wildman–Crippen MR) is 109 cm³/mol. The average molecular weight is 448 g/mol. The zero-order valence-electron chi connectivity index (χ0n) is 14.5. The quantitative estimate of drug-likeness (QED) is 0.221. The van der Waals surface area contributed by atoms with Crippen LogP contribution in [0.15, 0.2) is 70.4 Å². The highest BCUT2D eigenvalue weighted by molar-refractivity contribution is 9.10. The van der Waals surface area contributed by atoms with Crippen molar-refractivity contribution in [2.24, 2.45) is 5.16 Å². The van der Waals surface area contributed by atoms with Crippen molar-refractivity contribution in [2.75, 3.05) is 0 Å². The van der Waals surface area contributed by atoms with E-state index in [1.165, 1.54) is 12.3 Å². The number of oxime groups is 1. The van der Waals surface area contributed by atoms with Crippen molar-refractivity contribution in [1.29, 1.82) is 0 Å². The molecule has 1 unspecified atom stereocenters. The van der Waals surface area contributed by atoms with E-state index in [9.17, 15) is 0 Å². The van der Waals surface area contributed by atoms with Gasteiger partial charge in [-0.1, -0.05) is 63.9 Å². The molecule has 27 heavy (non-hydrogen) atoms. The maximum Gasteiger partial charge on any atom is 0.146 e. The van der Waals surface area contributed by atoms with E-state index in [0.29, 0.717) is 5.56 Å². The lowest BCUT2D eigenvalue weighted by Crippen LogP contribution is -2.32. The molecule has 3 rings (SSSR count). The molecule has 6 heteroatoms. The second kappa shape index (κ2) is 8.19. The smallest absolute Gasteiger partial charge is 0.146 e. The third-order valence-electron chi connectivity index (χ3n) is 4.70. The van der Waals surface area contributed by atoms with Gasteiger partial charge in [-0.3, -0.25) is 0 Å². The fourth-order valence-electron chi connectivity index (χ4n) is 3.50. The lowest BCUT2D eigenvalue weighted by molar-refractivity contribution is 0.319. The molecular weight excluding hydrogens is 431 g/mol. The molecule has 0 fully saturated rings. The Morgan fingerprint density at radius 2 is 1.89 bits per heavy atom. The molecule has 0 bridgehead atoms. The van der Waals surface area contributed by atoms with Crippen LogP contribution >= 0.6 is 27.5 Å². The summed E-state index contributed by atoms with van der Waals surface area (Å²) in [5, 5.41) is 12.5. The Balaban J connectivity index is 2.43. The molecule has 0 spiro atoms. The van der Waals surface area contributed by atoms with Gasteiger partial charge in [-0.15, -0.1) is 5.16 Å². The fraction of sp³-hybridized carbons (Fsp3) is 0.143. The molecule has 1 aromatic heterocycles. The molecule has 3 nitrogen and oxygen atoms in total. The second-order valence-corrected chi connectivity index (χ2v) is 7.52. The summed E-state index contributed by atoms with van der Waals surface area (Å²) in [5.74, 6) is -0.475. The Labute approximate surface area is 170 Å². The first-order valence-electron chi connectivity index (χ1n) is 8.28. The standard InChI is InChI=1S/C21H17BrClFN2O/c1-14-4-2-3-5-17(14)21(10-11-26-27,15-6-8-16(22)9-7-15)18-12-20(23)25-13-19(18)24/h2-9,11-13,27H,10H2,1H3. The van der Waals surface area contributed by atoms with Gasteiger partial charge in [0, 0.05) is 22.7 Å². The van der Waals surface area contributed by atoms with Gasteiger partial charge in [0.1, 0.15) is 11.0 Å². The van der Waals surface area contributed by atoms with Crippen molar-refractivity contribution in [3.05, 3.63) is 98.5 Å². The van der Waals surface area contributed by atoms with Gasteiger partial charge < -0.3 is 5.21 Å². The number of rotatable bonds is 5. The van der Waals surface area contributed by atoms with Crippen molar-refractivity contribution in [2.45, 2.75) is 18.8 Å². The highest BCUT2D eigenvalue weighted by Gasteiger charge is 2.39. The molecule has 1 atom stereocenters. The predicted octanol–water partition coefficient (Wildman–Crippen LogP) is 6.13. The van der Waals surface area contributed by atoms with Crippen molar-refractivity contribution in [3.8, 4) is 0 Å². The third kappa shape index (κ3) is 3.75. The van der Waals surface area contributed by atoms with E-state index in [-0.39, 0.29) is 11.6 Å². The molecule has 1 heterocycles. The van der Waals surface area contributed by atoms with Gasteiger partial charge in [-0.2, -0.15) is 0 Å². The molecule has 3 aromatic rings. The average Bonchev–Trinajstić information content (AvgIpc) is 2.67. The molecule has 138 valence electrons. The van der Waals surface area contributed by atoms with E-state index in [0.717, 1.165) is 27.4 Å². The number of aromatic nitrogens is 1. The van der Waals surface area contributed by atoms with Gasteiger partial charge in [0.15, 0.2) is 0 Å². The molecule has 0 saturated heterocycles. The zero-order valence-corrected chi connectivity index (χ0v) is 16.9. The summed E-state index contributed by atoms with van der Waals surface area (Å²) in [6, 6.07) is 17.0. The largest absolute Gasteiger partial charge is 0.411 e. The third-order valence-corrected chi connectivity index (χ3v) is 5.44. The SMILES string of the molecule is Cc1ccccc1C(CC=NO)(c1ccc(Br)cc1)c1cc(Cl)ncc1F. The summed E-state index contributed by atoms with van der Waals surface area (Å²) in [5.41, 5.74) is 2.17. The lowest BCUT2D eigenvalue weighted by Gasteiger charge is -2.36. The molecule has 1 N–H and O–H groups in total. The first kappa shape index (κ1) is 19.5. The van der Waals surface area contributed by atoms with Crippen LogP contribution < -0.4 is 0 Å². The number of hydrogen-bond acceptors (Lipinski definition) is 3. The summed E-state index contributed by atoms with van der Waals surface area (Å²) in [4.78, 5) is 3.86. The zero-order chi connectivity index (χ0) is 19.4. The molecule has 0 radical (unpaired) electrons. The maximum absolute atomic E-state index is 15.0. The first-order valence-corrected chi connectivity index (χ1v) is 9.45. The van der Waals surface area contributed by atoms with E-state index < -0.39 is 11.2 Å². The Morgan fingerprint density at radius 3 is 2.56 bits per heavy atom. The molecule has 0 amide bonds. The molecule has 0 aliphatic rings. The summed E-state index contributed by atoms with van der Waals surface area (Å²) in [7, 11) is 0. The second-order valence-electron chi connectivity index (χ2n) is 6.22. The number of aryl methyl sites for hydroxylation is 1. The van der Waals surface area contributed by atoms with Crippen LogP contribution in [0, 0.1) is 12.7 Å². The minimum atomic E-state index is -0.936. The topological polar surface area (TPSA) is 45.5 Å². The highest BCUT2D eigenvalue weighted by atomic mass is 79.9. The monoisotopic (exact) mass is 446 g/mol. The molecule has 2 aromatic carbocycles. The van der Waals surface area contributed by atoms with Gasteiger partial charge in [0.25, 0.3) is 0 Å². The maximum atomic E-state index is 15.0. The van der Waals surface area contributed by atoms with Gasteiger partial charge in [-0.25, -0.2) is 9.37 Å². The van der Waals surface area contributed by atoms with Crippen molar-refractivity contribution in [3.63, 3.8) is 0 Å². The summed E-state index contributed by atoms with van der Waals surface area (Å²) in [6.07, 6.45) is 2.75. The van der Waals surface area contributed by atoms with Crippen LogP contribution in [-0.2, 0) is 5.41 Å². The van der Waals surface area contributed by atoms with E-state index in [2.05, 4.69) is 26.1 Å². The van der Waals surface area contributed by atoms with Gasteiger partial charge in [0.05, 0.1) is 11.6 Å². The van der Waals surface area contributed by atoms with E-state index >= 15 is 4.39 Å².